The van der Waals surface area contributed by atoms with Crippen LogP contribution in [0.2, 0.25) is 0 Å². The molecule has 3 heterocycles. The molecule has 1 aliphatic heterocycles. The number of thiazole rings is 1. The second kappa shape index (κ2) is 8.37. The highest BCUT2D eigenvalue weighted by molar-refractivity contribution is 8.01. The van der Waals surface area contributed by atoms with Crippen molar-refractivity contribution in [3.8, 4) is 11.5 Å². The van der Waals surface area contributed by atoms with Crippen LogP contribution in [-0.4, -0.2) is 39.1 Å². The molecule has 5 rings (SSSR count). The summed E-state index contributed by atoms with van der Waals surface area (Å²) in [6, 6.07) is 15.6. The number of carbonyl (C=O) groups is 1. The Hall–Kier alpha value is -3.04. The molecule has 4 aromatic rings. The molecule has 0 unspecified atom stereocenters. The maximum absolute atomic E-state index is 12.3. The van der Waals surface area contributed by atoms with E-state index in [0.717, 1.165) is 26.1 Å². The van der Waals surface area contributed by atoms with E-state index in [-0.39, 0.29) is 12.0 Å². The van der Waals surface area contributed by atoms with Gasteiger partial charge in [0.25, 0.3) is 0 Å². The molecule has 1 aliphatic rings. The molecule has 1 N–H and O–H groups in total. The molecule has 2 aromatic carbocycles. The number of carbonyl (C=O) groups excluding carboxylic acids is 1. The first-order chi connectivity index (χ1) is 14.7. The lowest BCUT2D eigenvalue weighted by Gasteiger charge is -2.26. The van der Waals surface area contributed by atoms with Gasteiger partial charge in [0.2, 0.25) is 5.91 Å². The zero-order chi connectivity index (χ0) is 20.3. The summed E-state index contributed by atoms with van der Waals surface area (Å²) in [7, 11) is 0. The molecule has 30 heavy (non-hydrogen) atoms. The Bertz CT molecular complexity index is 1160. The summed E-state index contributed by atoms with van der Waals surface area (Å²) in [5, 5.41) is 7.20. The van der Waals surface area contributed by atoms with Gasteiger partial charge < -0.3 is 14.8 Å². The van der Waals surface area contributed by atoms with Gasteiger partial charge in [-0.05, 0) is 24.3 Å². The highest BCUT2D eigenvalue weighted by Crippen LogP contribution is 2.31. The molecule has 0 saturated carbocycles. The summed E-state index contributed by atoms with van der Waals surface area (Å²) in [6.45, 7) is 0.988. The Morgan fingerprint density at radius 3 is 2.93 bits per heavy atom. The van der Waals surface area contributed by atoms with Gasteiger partial charge >= 0.3 is 0 Å². The second-order valence-corrected chi connectivity index (χ2v) is 8.99. The van der Waals surface area contributed by atoms with E-state index in [0.29, 0.717) is 24.6 Å². The first-order valence-electron chi connectivity index (χ1n) is 9.42. The van der Waals surface area contributed by atoms with Gasteiger partial charge in [0.15, 0.2) is 21.9 Å². The fourth-order valence-electron chi connectivity index (χ4n) is 3.13. The Kier molecular flexibility index (Phi) is 5.29. The van der Waals surface area contributed by atoms with Crippen molar-refractivity contribution in [1.29, 1.82) is 0 Å². The van der Waals surface area contributed by atoms with E-state index in [9.17, 15) is 4.79 Å². The quantitative estimate of drug-likeness (QED) is 0.458. The van der Waals surface area contributed by atoms with Crippen molar-refractivity contribution in [2.45, 2.75) is 17.0 Å². The predicted molar refractivity (Wildman–Crippen MR) is 118 cm³/mol. The van der Waals surface area contributed by atoms with E-state index in [1.165, 1.54) is 11.8 Å². The van der Waals surface area contributed by atoms with Crippen molar-refractivity contribution in [1.82, 2.24) is 14.8 Å². The largest absolute Gasteiger partial charge is 0.486 e. The highest BCUT2D eigenvalue weighted by Gasteiger charge is 2.21. The molecule has 0 bridgehead atoms. The van der Waals surface area contributed by atoms with Crippen LogP contribution in [0.3, 0.4) is 0 Å². The van der Waals surface area contributed by atoms with Gasteiger partial charge in [0.05, 0.1) is 34.4 Å². The fourth-order valence-corrected chi connectivity index (χ4v) is 5.00. The number of anilines is 1. The number of ether oxygens (including phenoxy) is 2. The van der Waals surface area contributed by atoms with Gasteiger partial charge in [0, 0.05) is 6.20 Å². The monoisotopic (exact) mass is 438 g/mol. The van der Waals surface area contributed by atoms with Gasteiger partial charge in [-0.15, -0.1) is 11.3 Å². The van der Waals surface area contributed by atoms with E-state index in [4.69, 9.17) is 9.47 Å². The summed E-state index contributed by atoms with van der Waals surface area (Å²) in [5.74, 6) is 1.69. The number of thioether (sulfide) groups is 1. The summed E-state index contributed by atoms with van der Waals surface area (Å²) in [4.78, 5) is 16.8. The van der Waals surface area contributed by atoms with Crippen LogP contribution in [0.4, 0.5) is 5.69 Å². The number of hydrogen-bond acceptors (Lipinski definition) is 7. The molecule has 0 saturated heterocycles. The lowest BCUT2D eigenvalue weighted by Crippen LogP contribution is -2.33. The van der Waals surface area contributed by atoms with Crippen LogP contribution in [0.25, 0.3) is 10.2 Å². The average Bonchev–Trinajstić information content (AvgIpc) is 3.38. The molecule has 1 amide bonds. The molecule has 152 valence electrons. The average molecular weight is 439 g/mol. The number of rotatable bonds is 6. The minimum absolute atomic E-state index is 0.0926. The van der Waals surface area contributed by atoms with E-state index in [2.05, 4.69) is 15.4 Å². The third-order valence-corrected chi connectivity index (χ3v) is 6.66. The van der Waals surface area contributed by atoms with E-state index < -0.39 is 0 Å². The number of hydrogen-bond donors (Lipinski definition) is 1. The van der Waals surface area contributed by atoms with Crippen LogP contribution in [0.5, 0.6) is 11.5 Å². The summed E-state index contributed by atoms with van der Waals surface area (Å²) < 4.78 is 15.4. The van der Waals surface area contributed by atoms with Crippen LogP contribution in [0.15, 0.2) is 65.3 Å². The smallest absolute Gasteiger partial charge is 0.234 e. The molecule has 7 nitrogen and oxygen atoms in total. The number of fused-ring (bicyclic) bond motifs is 2. The van der Waals surface area contributed by atoms with Crippen molar-refractivity contribution in [2.24, 2.45) is 0 Å². The lowest BCUT2D eigenvalue weighted by molar-refractivity contribution is -0.113. The standard InChI is InChI=1S/C21H18N4O3S2/c26-20(13-29-21-24-16-5-1-4-8-19(16)30-21)23-14-9-22-25(10-14)11-15-12-27-17-6-2-3-7-18(17)28-15/h1-10,15H,11-13H2,(H,23,26)/t15-/m1/s1. The number of benzene rings is 2. The Balaban J connectivity index is 1.13. The molecular formula is C21H18N4O3S2. The molecule has 2 aromatic heterocycles. The van der Waals surface area contributed by atoms with Crippen LogP contribution < -0.4 is 14.8 Å². The molecule has 0 spiro atoms. The number of para-hydroxylation sites is 3. The lowest BCUT2D eigenvalue weighted by atomic mass is 10.2. The number of nitrogens with zero attached hydrogens (tertiary/aromatic N) is 3. The summed E-state index contributed by atoms with van der Waals surface area (Å²) in [6.07, 6.45) is 3.29. The van der Waals surface area contributed by atoms with Gasteiger partial charge in [0.1, 0.15) is 6.61 Å². The van der Waals surface area contributed by atoms with Crippen molar-refractivity contribution >= 4 is 44.9 Å². The third-order valence-electron chi connectivity index (χ3n) is 4.48. The maximum atomic E-state index is 12.3. The fraction of sp³-hybridized carbons (Fsp3) is 0.190. The van der Waals surface area contributed by atoms with Gasteiger partial charge in [-0.1, -0.05) is 36.0 Å². The minimum Gasteiger partial charge on any atom is -0.486 e. The zero-order valence-electron chi connectivity index (χ0n) is 15.9. The Morgan fingerprint density at radius 2 is 2.03 bits per heavy atom. The predicted octanol–water partition coefficient (Wildman–Crippen LogP) is 4.06. The number of nitrogens with one attached hydrogen (secondary N) is 1. The van der Waals surface area contributed by atoms with Crippen molar-refractivity contribution in [3.63, 3.8) is 0 Å². The van der Waals surface area contributed by atoms with Crippen LogP contribution in [0, 0.1) is 0 Å². The number of aromatic nitrogens is 3. The molecule has 0 aliphatic carbocycles. The molecule has 9 heteroatoms. The Morgan fingerprint density at radius 1 is 1.20 bits per heavy atom. The topological polar surface area (TPSA) is 78.3 Å². The van der Waals surface area contributed by atoms with Gasteiger partial charge in [-0.25, -0.2) is 4.98 Å². The minimum atomic E-state index is -0.141. The third kappa shape index (κ3) is 4.27. The summed E-state index contributed by atoms with van der Waals surface area (Å²) >= 11 is 3.03. The van der Waals surface area contributed by atoms with Crippen LogP contribution >= 0.6 is 23.1 Å². The first-order valence-corrected chi connectivity index (χ1v) is 11.2. The molecule has 0 radical (unpaired) electrons. The van der Waals surface area contributed by atoms with Crippen molar-refractivity contribution < 1.29 is 14.3 Å². The zero-order valence-corrected chi connectivity index (χ0v) is 17.5. The Labute approximate surface area is 181 Å². The van der Waals surface area contributed by atoms with Gasteiger partial charge in [-0.2, -0.15) is 5.10 Å². The SMILES string of the molecule is O=C(CSc1nc2ccccc2s1)Nc1cnn(C[C@@H]2COc3ccccc3O2)c1. The molecule has 1 atom stereocenters. The number of amides is 1. The van der Waals surface area contributed by atoms with Crippen LogP contribution in [0.1, 0.15) is 0 Å². The normalized spacial score (nSPS) is 15.3. The first kappa shape index (κ1) is 19.0. The summed E-state index contributed by atoms with van der Waals surface area (Å²) in [5.41, 5.74) is 1.62. The molecular weight excluding hydrogens is 420 g/mol. The van der Waals surface area contributed by atoms with Crippen molar-refractivity contribution in [2.75, 3.05) is 17.7 Å². The maximum Gasteiger partial charge on any atom is 0.234 e. The molecule has 0 fully saturated rings. The van der Waals surface area contributed by atoms with E-state index >= 15 is 0 Å². The van der Waals surface area contributed by atoms with Crippen molar-refractivity contribution in [3.05, 3.63) is 60.9 Å². The van der Waals surface area contributed by atoms with E-state index in [1.54, 1.807) is 28.4 Å². The second-order valence-electron chi connectivity index (χ2n) is 6.73. The van der Waals surface area contributed by atoms with E-state index in [1.807, 2.05) is 48.5 Å². The van der Waals surface area contributed by atoms with Gasteiger partial charge in [-0.3, -0.25) is 9.48 Å². The van der Waals surface area contributed by atoms with Crippen LogP contribution in [-0.2, 0) is 11.3 Å². The highest BCUT2D eigenvalue weighted by atomic mass is 32.2.